The van der Waals surface area contributed by atoms with E-state index in [0.717, 1.165) is 0 Å². The van der Waals surface area contributed by atoms with Crippen LogP contribution in [0.1, 0.15) is 0 Å². The third-order valence-electron chi connectivity index (χ3n) is 4.71. The largest absolute Gasteiger partial charge is 0.403 e. The first kappa shape index (κ1) is 20.2. The molecule has 3 aromatic heterocycles. The van der Waals surface area contributed by atoms with E-state index in [-0.39, 0.29) is 16.1 Å². The van der Waals surface area contributed by atoms with Gasteiger partial charge in [0.15, 0.2) is 0 Å². The molecule has 2 N–H and O–H groups in total. The summed E-state index contributed by atoms with van der Waals surface area (Å²) >= 11 is 12.5. The van der Waals surface area contributed by atoms with Crippen LogP contribution in [-0.4, -0.2) is 31.6 Å². The van der Waals surface area contributed by atoms with E-state index in [1.54, 1.807) is 29.9 Å². The highest BCUT2D eigenvalue weighted by molar-refractivity contribution is 6.39. The fraction of sp³-hybridized carbons (Fsp3) is 0.0476. The number of aromatic nitrogens is 5. The minimum absolute atomic E-state index is 0.128. The lowest BCUT2D eigenvalue weighted by Crippen LogP contribution is -1.99. The Morgan fingerprint density at radius 1 is 1.03 bits per heavy atom. The van der Waals surface area contributed by atoms with Crippen LogP contribution in [0.4, 0.5) is 21.9 Å². The molecule has 5 aromatic rings. The Morgan fingerprint density at radius 2 is 1.78 bits per heavy atom. The van der Waals surface area contributed by atoms with Gasteiger partial charge in [0.2, 0.25) is 11.7 Å². The molecule has 0 bridgehead atoms. The van der Waals surface area contributed by atoms with Crippen LogP contribution in [0.2, 0.25) is 10.0 Å². The summed E-state index contributed by atoms with van der Waals surface area (Å²) in [4.78, 5) is 9.03. The van der Waals surface area contributed by atoms with Crippen LogP contribution in [0.15, 0.2) is 59.3 Å². The van der Waals surface area contributed by atoms with E-state index < -0.39 is 5.82 Å². The number of anilines is 3. The summed E-state index contributed by atoms with van der Waals surface area (Å²) in [6.45, 7) is 0. The second-order valence-corrected chi connectivity index (χ2v) is 7.49. The van der Waals surface area contributed by atoms with E-state index in [1.165, 1.54) is 12.1 Å². The third-order valence-corrected chi connectivity index (χ3v) is 5.30. The van der Waals surface area contributed by atoms with E-state index in [1.807, 2.05) is 24.3 Å². The predicted octanol–water partition coefficient (Wildman–Crippen LogP) is 5.68. The first-order valence-electron chi connectivity index (χ1n) is 9.41. The van der Waals surface area contributed by atoms with Crippen LogP contribution in [0.5, 0.6) is 0 Å². The van der Waals surface area contributed by atoms with Gasteiger partial charge in [-0.15, -0.1) is 5.10 Å². The highest BCUT2D eigenvalue weighted by atomic mass is 35.5. The molecule has 0 unspecified atom stereocenters. The summed E-state index contributed by atoms with van der Waals surface area (Å²) < 4.78 is 21.1. The van der Waals surface area contributed by atoms with Crippen LogP contribution in [0.25, 0.3) is 28.5 Å². The molecule has 11 heteroatoms. The van der Waals surface area contributed by atoms with Gasteiger partial charge in [-0.1, -0.05) is 46.5 Å². The Labute approximate surface area is 191 Å². The standard InChI is InChI=1S/C21H14Cl2FN7O/c1-25-21-30-29-19(32-21)13-6-3-2-5-12(13)16-18(31-8-4-7-26-20(31)28-16)27-17-14(22)9-11(24)10-15(17)23/h2-10,27H,1H3,(H,25,30). The van der Waals surface area contributed by atoms with Crippen molar-refractivity contribution >= 4 is 46.5 Å². The number of hydrogen-bond acceptors (Lipinski definition) is 7. The minimum atomic E-state index is -0.535. The molecule has 0 saturated heterocycles. The van der Waals surface area contributed by atoms with Crippen molar-refractivity contribution in [2.24, 2.45) is 0 Å². The van der Waals surface area contributed by atoms with Crippen LogP contribution >= 0.6 is 23.2 Å². The molecule has 0 aliphatic rings. The second-order valence-electron chi connectivity index (χ2n) is 6.68. The van der Waals surface area contributed by atoms with Crippen molar-refractivity contribution in [3.05, 3.63) is 70.7 Å². The molecule has 0 radical (unpaired) electrons. The van der Waals surface area contributed by atoms with Crippen molar-refractivity contribution < 1.29 is 8.81 Å². The average molecular weight is 470 g/mol. The van der Waals surface area contributed by atoms with Crippen molar-refractivity contribution in [3.63, 3.8) is 0 Å². The molecule has 8 nitrogen and oxygen atoms in total. The molecule has 0 saturated carbocycles. The molecule has 3 heterocycles. The number of nitrogens with one attached hydrogen (secondary N) is 2. The van der Waals surface area contributed by atoms with Crippen molar-refractivity contribution in [1.29, 1.82) is 0 Å². The van der Waals surface area contributed by atoms with Gasteiger partial charge in [0.25, 0.3) is 0 Å². The molecular formula is C21H14Cl2FN7O. The third kappa shape index (κ3) is 3.51. The summed E-state index contributed by atoms with van der Waals surface area (Å²) in [6.07, 6.45) is 3.43. The van der Waals surface area contributed by atoms with Gasteiger partial charge in [0, 0.05) is 30.6 Å². The Balaban J connectivity index is 1.72. The lowest BCUT2D eigenvalue weighted by molar-refractivity contribution is 0.585. The van der Waals surface area contributed by atoms with Gasteiger partial charge < -0.3 is 15.1 Å². The normalized spacial score (nSPS) is 11.1. The maximum Gasteiger partial charge on any atom is 0.315 e. The van der Waals surface area contributed by atoms with E-state index >= 15 is 0 Å². The number of halogens is 3. The van der Waals surface area contributed by atoms with Crippen LogP contribution < -0.4 is 10.6 Å². The zero-order valence-corrected chi connectivity index (χ0v) is 18.0. The van der Waals surface area contributed by atoms with Gasteiger partial charge in [-0.2, -0.15) is 0 Å². The van der Waals surface area contributed by atoms with E-state index in [4.69, 9.17) is 32.6 Å². The van der Waals surface area contributed by atoms with Gasteiger partial charge in [-0.3, -0.25) is 4.40 Å². The van der Waals surface area contributed by atoms with Gasteiger partial charge >= 0.3 is 6.01 Å². The zero-order valence-electron chi connectivity index (χ0n) is 16.5. The van der Waals surface area contributed by atoms with Crippen molar-refractivity contribution in [2.75, 3.05) is 17.7 Å². The van der Waals surface area contributed by atoms with Crippen molar-refractivity contribution in [3.8, 4) is 22.7 Å². The van der Waals surface area contributed by atoms with Gasteiger partial charge in [-0.05, 0) is 24.3 Å². The Hall–Kier alpha value is -3.69. The van der Waals surface area contributed by atoms with Crippen molar-refractivity contribution in [2.45, 2.75) is 0 Å². The highest BCUT2D eigenvalue weighted by Crippen LogP contribution is 2.40. The lowest BCUT2D eigenvalue weighted by atomic mass is 10.0. The average Bonchev–Trinajstić information content (AvgIpc) is 3.41. The number of benzene rings is 2. The first-order chi connectivity index (χ1) is 15.5. The van der Waals surface area contributed by atoms with E-state index in [0.29, 0.717) is 40.0 Å². The molecule has 0 aliphatic heterocycles. The monoisotopic (exact) mass is 469 g/mol. The van der Waals surface area contributed by atoms with Gasteiger partial charge in [-0.25, -0.2) is 14.4 Å². The van der Waals surface area contributed by atoms with E-state index in [2.05, 4.69) is 25.8 Å². The smallest absolute Gasteiger partial charge is 0.315 e. The molecule has 0 spiro atoms. The van der Waals surface area contributed by atoms with E-state index in [9.17, 15) is 4.39 Å². The fourth-order valence-corrected chi connectivity index (χ4v) is 3.84. The molecule has 0 fully saturated rings. The summed E-state index contributed by atoms with van der Waals surface area (Å²) in [5.74, 6) is 0.756. The SMILES string of the molecule is CNc1nnc(-c2ccccc2-c2nc3ncccn3c2Nc2c(Cl)cc(F)cc2Cl)o1. The van der Waals surface area contributed by atoms with Crippen LogP contribution in [0.3, 0.4) is 0 Å². The van der Waals surface area contributed by atoms with Gasteiger partial charge in [0.05, 0.1) is 15.7 Å². The Kier molecular flexibility index (Phi) is 5.12. The topological polar surface area (TPSA) is 93.2 Å². The number of rotatable bonds is 5. The Morgan fingerprint density at radius 3 is 2.50 bits per heavy atom. The summed E-state index contributed by atoms with van der Waals surface area (Å²) in [6, 6.07) is 11.9. The molecule has 0 aliphatic carbocycles. The first-order valence-corrected chi connectivity index (χ1v) is 10.2. The van der Waals surface area contributed by atoms with Crippen molar-refractivity contribution in [1.82, 2.24) is 24.6 Å². The van der Waals surface area contributed by atoms with Crippen LogP contribution in [-0.2, 0) is 0 Å². The number of nitrogens with zero attached hydrogens (tertiary/aromatic N) is 5. The number of fused-ring (bicyclic) bond motifs is 1. The lowest BCUT2D eigenvalue weighted by Gasteiger charge is -2.13. The molecule has 0 atom stereocenters. The molecule has 0 amide bonds. The second kappa shape index (κ2) is 8.10. The molecular weight excluding hydrogens is 456 g/mol. The molecule has 2 aromatic carbocycles. The molecule has 160 valence electrons. The number of imidazole rings is 1. The summed E-state index contributed by atoms with van der Waals surface area (Å²) in [5, 5.41) is 14.4. The van der Waals surface area contributed by atoms with Gasteiger partial charge in [0.1, 0.15) is 17.3 Å². The summed E-state index contributed by atoms with van der Waals surface area (Å²) in [5.41, 5.74) is 2.26. The molecule has 5 rings (SSSR count). The maximum atomic E-state index is 13.7. The highest BCUT2D eigenvalue weighted by Gasteiger charge is 2.22. The summed E-state index contributed by atoms with van der Waals surface area (Å²) in [7, 11) is 1.69. The van der Waals surface area contributed by atoms with Crippen LogP contribution in [0, 0.1) is 5.82 Å². The molecule has 32 heavy (non-hydrogen) atoms. The quantitative estimate of drug-likeness (QED) is 0.342. The maximum absolute atomic E-state index is 13.7. The zero-order chi connectivity index (χ0) is 22.2. The fourth-order valence-electron chi connectivity index (χ4n) is 3.28. The number of hydrogen-bond donors (Lipinski definition) is 2. The minimum Gasteiger partial charge on any atom is -0.403 e. The Bertz CT molecular complexity index is 1430. The predicted molar refractivity (Wildman–Crippen MR) is 121 cm³/mol.